The normalized spacial score (nSPS) is 12.8. The Labute approximate surface area is 158 Å². The van der Waals surface area contributed by atoms with Gasteiger partial charge in [-0.15, -0.1) is 0 Å². The second kappa shape index (κ2) is 6.98. The van der Waals surface area contributed by atoms with Crippen LogP contribution in [0.5, 0.6) is 0 Å². The lowest BCUT2D eigenvalue weighted by Gasteiger charge is -2.35. The summed E-state index contributed by atoms with van der Waals surface area (Å²) in [7, 11) is 0. The number of fused-ring (bicyclic) bond motifs is 2. The molecule has 0 fully saturated rings. The van der Waals surface area contributed by atoms with E-state index in [4.69, 9.17) is 9.97 Å². The molecule has 0 aliphatic carbocycles. The molecule has 3 aromatic rings. The number of rotatable bonds is 6. The van der Waals surface area contributed by atoms with Gasteiger partial charge in [0, 0.05) is 0 Å². The van der Waals surface area contributed by atoms with E-state index < -0.39 is 0 Å². The molecule has 0 spiro atoms. The molecule has 0 radical (unpaired) electrons. The van der Waals surface area contributed by atoms with Gasteiger partial charge in [-0.25, -0.2) is 9.97 Å². The zero-order chi connectivity index (χ0) is 18.9. The molecule has 0 unspecified atom stereocenters. The van der Waals surface area contributed by atoms with Crippen LogP contribution in [0.2, 0.25) is 0 Å². The summed E-state index contributed by atoms with van der Waals surface area (Å²) >= 11 is 0. The van der Waals surface area contributed by atoms with Crippen LogP contribution in [-0.2, 0) is 10.8 Å². The van der Waals surface area contributed by atoms with Crippen LogP contribution in [0.3, 0.4) is 0 Å². The van der Waals surface area contributed by atoms with Crippen molar-refractivity contribution in [1.82, 2.24) is 9.97 Å². The van der Waals surface area contributed by atoms with Gasteiger partial charge in [0.25, 0.3) is 0 Å². The summed E-state index contributed by atoms with van der Waals surface area (Å²) in [5.74, 6) is 0. The van der Waals surface area contributed by atoms with Crippen molar-refractivity contribution < 1.29 is 0 Å². The maximum Gasteiger partial charge on any atom is 0.0934 e. The van der Waals surface area contributed by atoms with Gasteiger partial charge in [0.2, 0.25) is 0 Å². The summed E-state index contributed by atoms with van der Waals surface area (Å²) in [5.41, 5.74) is 7.10. The molecule has 2 heteroatoms. The minimum Gasteiger partial charge on any atom is -0.244 e. The Bertz CT molecular complexity index is 922. The number of aromatic nitrogens is 2. The Hall–Kier alpha value is -1.96. The average Bonchev–Trinajstić information content (AvgIpc) is 2.58. The van der Waals surface area contributed by atoms with Crippen molar-refractivity contribution in [3.63, 3.8) is 0 Å². The molecule has 0 aliphatic rings. The van der Waals surface area contributed by atoms with E-state index in [1.165, 1.54) is 24.0 Å². The Balaban J connectivity index is 2.38. The lowest BCUT2D eigenvalue weighted by Crippen LogP contribution is -2.27. The number of benzene rings is 2. The van der Waals surface area contributed by atoms with Crippen LogP contribution in [0.4, 0.5) is 0 Å². The van der Waals surface area contributed by atoms with Crippen molar-refractivity contribution in [1.29, 1.82) is 0 Å². The minimum atomic E-state index is 0.0751. The Morgan fingerprint density at radius 2 is 1.27 bits per heavy atom. The molecule has 26 heavy (non-hydrogen) atoms. The highest BCUT2D eigenvalue weighted by atomic mass is 14.8. The van der Waals surface area contributed by atoms with E-state index in [0.717, 1.165) is 34.9 Å². The molecule has 0 N–H and O–H groups in total. The first-order valence-electron chi connectivity index (χ1n) is 10.0. The summed E-state index contributed by atoms with van der Waals surface area (Å²) in [6.07, 6.45) is 4.67. The Kier molecular flexibility index (Phi) is 5.05. The highest BCUT2D eigenvalue weighted by molar-refractivity contribution is 5.89. The van der Waals surface area contributed by atoms with E-state index in [9.17, 15) is 0 Å². The van der Waals surface area contributed by atoms with Crippen molar-refractivity contribution in [2.24, 2.45) is 0 Å². The van der Waals surface area contributed by atoms with E-state index in [1.807, 2.05) is 18.2 Å². The highest BCUT2D eigenvalue weighted by Crippen LogP contribution is 2.42. The van der Waals surface area contributed by atoms with Gasteiger partial charge in [-0.3, -0.25) is 0 Å². The fourth-order valence-electron chi connectivity index (χ4n) is 4.45. The maximum atomic E-state index is 5.10. The first-order valence-corrected chi connectivity index (χ1v) is 10.0. The lowest BCUT2D eigenvalue weighted by atomic mass is 9.70. The van der Waals surface area contributed by atoms with Crippen LogP contribution in [0, 0.1) is 0 Å². The Morgan fingerprint density at radius 3 is 1.88 bits per heavy atom. The summed E-state index contributed by atoms with van der Waals surface area (Å²) in [6, 6.07) is 12.7. The fourth-order valence-corrected chi connectivity index (χ4v) is 4.45. The van der Waals surface area contributed by atoms with Crippen molar-refractivity contribution in [3.8, 4) is 0 Å². The van der Waals surface area contributed by atoms with Crippen LogP contribution >= 0.6 is 0 Å². The number of hydrogen-bond acceptors (Lipinski definition) is 2. The van der Waals surface area contributed by atoms with Crippen molar-refractivity contribution in [3.05, 3.63) is 47.5 Å². The van der Waals surface area contributed by atoms with E-state index >= 15 is 0 Å². The van der Waals surface area contributed by atoms with Gasteiger partial charge in [-0.2, -0.15) is 0 Å². The van der Waals surface area contributed by atoms with Crippen LogP contribution in [-0.4, -0.2) is 9.97 Å². The molecule has 0 amide bonds. The Morgan fingerprint density at radius 1 is 0.692 bits per heavy atom. The third-order valence-corrected chi connectivity index (χ3v) is 5.67. The molecule has 1 heterocycles. The molecule has 0 saturated carbocycles. The predicted octanol–water partition coefficient (Wildman–Crippen LogP) is 6.94. The van der Waals surface area contributed by atoms with Crippen LogP contribution in [0.15, 0.2) is 36.4 Å². The highest BCUT2D eigenvalue weighted by Gasteiger charge is 2.32. The smallest absolute Gasteiger partial charge is 0.0934 e. The lowest BCUT2D eigenvalue weighted by molar-refractivity contribution is 0.430. The number of nitrogens with zero attached hydrogens (tertiary/aromatic N) is 2. The molecule has 2 nitrogen and oxygen atoms in total. The van der Waals surface area contributed by atoms with Gasteiger partial charge in [0.1, 0.15) is 0 Å². The van der Waals surface area contributed by atoms with E-state index in [0.29, 0.717) is 0 Å². The first-order chi connectivity index (χ1) is 12.3. The SMILES string of the molecule is CCCC(C)(C)c1ccc2nc3ccccc3nc2c1C(C)(C)CCC. The standard InChI is InChI=1S/C24H32N2/c1-7-15-23(3,4)17-13-14-20-22(21(17)24(5,6)16-8-2)26-19-12-10-9-11-18(19)25-20/h9-14H,7-8,15-16H2,1-6H3. The molecule has 1 aromatic heterocycles. The molecule has 0 saturated heterocycles. The molecule has 0 atom stereocenters. The molecule has 138 valence electrons. The molecular formula is C24H32N2. The van der Waals surface area contributed by atoms with E-state index in [2.05, 4.69) is 59.7 Å². The molecule has 0 aliphatic heterocycles. The summed E-state index contributed by atoms with van der Waals surface area (Å²) in [6.45, 7) is 14.0. The molecule has 3 rings (SSSR count). The van der Waals surface area contributed by atoms with Crippen molar-refractivity contribution in [2.75, 3.05) is 0 Å². The zero-order valence-electron chi connectivity index (χ0n) is 17.2. The quantitative estimate of drug-likeness (QED) is 0.451. The zero-order valence-corrected chi connectivity index (χ0v) is 17.2. The average molecular weight is 349 g/mol. The van der Waals surface area contributed by atoms with Gasteiger partial charge >= 0.3 is 0 Å². The van der Waals surface area contributed by atoms with Crippen LogP contribution in [0.25, 0.3) is 22.1 Å². The minimum absolute atomic E-state index is 0.0751. The third kappa shape index (κ3) is 3.34. The summed E-state index contributed by atoms with van der Waals surface area (Å²) < 4.78 is 0. The van der Waals surface area contributed by atoms with E-state index in [1.54, 1.807) is 0 Å². The second-order valence-electron chi connectivity index (χ2n) is 8.84. The van der Waals surface area contributed by atoms with Gasteiger partial charge in [0.15, 0.2) is 0 Å². The van der Waals surface area contributed by atoms with E-state index in [-0.39, 0.29) is 10.8 Å². The number of para-hydroxylation sites is 2. The van der Waals surface area contributed by atoms with Gasteiger partial charge in [-0.05, 0) is 53.0 Å². The maximum absolute atomic E-state index is 5.10. The number of hydrogen-bond donors (Lipinski definition) is 0. The molecule has 2 aromatic carbocycles. The van der Waals surface area contributed by atoms with Gasteiger partial charge in [0.05, 0.1) is 22.1 Å². The van der Waals surface area contributed by atoms with Crippen molar-refractivity contribution in [2.45, 2.75) is 78.1 Å². The summed E-state index contributed by atoms with van der Waals surface area (Å²) in [5, 5.41) is 0. The third-order valence-electron chi connectivity index (χ3n) is 5.67. The molecule has 0 bridgehead atoms. The fraction of sp³-hybridized carbons (Fsp3) is 0.500. The second-order valence-corrected chi connectivity index (χ2v) is 8.84. The first kappa shape index (κ1) is 18.8. The summed E-state index contributed by atoms with van der Waals surface area (Å²) in [4.78, 5) is 10.0. The monoisotopic (exact) mass is 348 g/mol. The van der Waals surface area contributed by atoms with Gasteiger partial charge < -0.3 is 0 Å². The topological polar surface area (TPSA) is 25.8 Å². The largest absolute Gasteiger partial charge is 0.244 e. The molecular weight excluding hydrogens is 316 g/mol. The van der Waals surface area contributed by atoms with Crippen molar-refractivity contribution >= 4 is 22.1 Å². The predicted molar refractivity (Wildman–Crippen MR) is 113 cm³/mol. The van der Waals surface area contributed by atoms with Crippen LogP contribution in [0.1, 0.15) is 78.4 Å². The van der Waals surface area contributed by atoms with Gasteiger partial charge in [-0.1, -0.05) is 72.6 Å². The van der Waals surface area contributed by atoms with Crippen LogP contribution < -0.4 is 0 Å².